The van der Waals surface area contributed by atoms with Crippen LogP contribution in [0.15, 0.2) is 84.0 Å². The van der Waals surface area contributed by atoms with Gasteiger partial charge in [0.2, 0.25) is 5.91 Å². The number of ether oxygens (including phenoxy) is 4. The molecule has 0 aliphatic carbocycles. The second kappa shape index (κ2) is 18.5. The summed E-state index contributed by atoms with van der Waals surface area (Å²) in [4.78, 5) is 69.3. The third-order valence-electron chi connectivity index (χ3n) is 13.1. The molecule has 9 rings (SSSR count). The predicted molar refractivity (Wildman–Crippen MR) is 240 cm³/mol. The first kappa shape index (κ1) is 44.3. The van der Waals surface area contributed by atoms with E-state index in [1.165, 1.54) is 14.2 Å². The maximum atomic E-state index is 14.1. The molecular weight excluding hydrogens is 853 g/mol. The van der Waals surface area contributed by atoms with Gasteiger partial charge in [-0.2, -0.15) is 8.78 Å². The van der Waals surface area contributed by atoms with Crippen molar-refractivity contribution in [2.75, 3.05) is 33.9 Å². The van der Waals surface area contributed by atoms with Crippen molar-refractivity contribution in [1.29, 1.82) is 0 Å². The van der Waals surface area contributed by atoms with Gasteiger partial charge in [0.25, 0.3) is 5.91 Å². The summed E-state index contributed by atoms with van der Waals surface area (Å²) < 4.78 is 47.0. The van der Waals surface area contributed by atoms with E-state index in [-0.39, 0.29) is 42.8 Å². The van der Waals surface area contributed by atoms with Crippen molar-refractivity contribution in [1.82, 2.24) is 30.4 Å². The van der Waals surface area contributed by atoms with Gasteiger partial charge in [-0.25, -0.2) is 14.6 Å². The van der Waals surface area contributed by atoms with E-state index in [0.717, 1.165) is 67.9 Å². The Morgan fingerprint density at radius 2 is 1.70 bits per heavy atom. The van der Waals surface area contributed by atoms with Crippen LogP contribution in [-0.4, -0.2) is 102 Å². The number of benzene rings is 4. The van der Waals surface area contributed by atoms with E-state index in [2.05, 4.69) is 33.8 Å². The number of carbonyl (C=O) groups excluding carboxylic acids is 4. The highest BCUT2D eigenvalue weighted by Gasteiger charge is 2.43. The number of halogens is 2. The molecule has 2 fully saturated rings. The number of alkyl halides is 2. The van der Waals surface area contributed by atoms with Crippen LogP contribution in [0.25, 0.3) is 33.2 Å². The number of nitrogens with zero attached hydrogens (tertiary/aromatic N) is 4. The second-order valence-corrected chi connectivity index (χ2v) is 17.5. The van der Waals surface area contributed by atoms with Crippen LogP contribution < -0.4 is 15.4 Å². The number of H-pyrrole nitrogens is 1. The van der Waals surface area contributed by atoms with E-state index in [1.807, 2.05) is 56.3 Å². The van der Waals surface area contributed by atoms with Crippen molar-refractivity contribution >= 4 is 46.2 Å². The summed E-state index contributed by atoms with van der Waals surface area (Å²) >= 11 is 0. The van der Waals surface area contributed by atoms with Gasteiger partial charge in [-0.3, -0.25) is 14.6 Å². The Morgan fingerprint density at radius 3 is 2.45 bits per heavy atom. The molecule has 66 heavy (non-hydrogen) atoms. The molecule has 5 atom stereocenters. The first-order chi connectivity index (χ1) is 31.9. The number of fused-ring (bicyclic) bond motifs is 6. The average molecular weight is 904 g/mol. The maximum Gasteiger partial charge on any atom is 0.407 e. The first-order valence-corrected chi connectivity index (χ1v) is 22.1. The molecule has 1 unspecified atom stereocenters. The highest BCUT2D eigenvalue weighted by Crippen LogP contribution is 2.45. The molecule has 2 saturated heterocycles. The summed E-state index contributed by atoms with van der Waals surface area (Å²) in [5.74, 6) is 0.182. The molecule has 344 valence electrons. The van der Waals surface area contributed by atoms with Gasteiger partial charge in [0.15, 0.2) is 0 Å². The normalized spacial score (nSPS) is 19.5. The van der Waals surface area contributed by atoms with E-state index in [4.69, 9.17) is 28.9 Å². The van der Waals surface area contributed by atoms with Crippen LogP contribution in [0.5, 0.6) is 5.75 Å². The van der Waals surface area contributed by atoms with Crippen LogP contribution >= 0.6 is 0 Å². The van der Waals surface area contributed by atoms with Gasteiger partial charge in [-0.1, -0.05) is 62.4 Å². The van der Waals surface area contributed by atoms with Gasteiger partial charge in [0.05, 0.1) is 50.5 Å². The number of aromatic nitrogens is 2. The lowest BCUT2D eigenvalue weighted by molar-refractivity contribution is -0.139. The van der Waals surface area contributed by atoms with E-state index in [1.54, 1.807) is 28.1 Å². The zero-order valence-corrected chi connectivity index (χ0v) is 37.0. The molecule has 4 aromatic carbocycles. The highest BCUT2D eigenvalue weighted by molar-refractivity contribution is 6.06. The first-order valence-electron chi connectivity index (χ1n) is 22.1. The predicted octanol–water partition coefficient (Wildman–Crippen LogP) is 8.02. The number of likely N-dealkylation sites (tertiary alicyclic amines) is 2. The van der Waals surface area contributed by atoms with E-state index < -0.39 is 36.9 Å². The van der Waals surface area contributed by atoms with Gasteiger partial charge in [-0.05, 0) is 88.0 Å². The largest absolute Gasteiger partial charge is 0.488 e. The number of aliphatic imine (C=N–C) groups is 1. The van der Waals surface area contributed by atoms with Gasteiger partial charge in [0.1, 0.15) is 30.3 Å². The lowest BCUT2D eigenvalue weighted by Crippen LogP contribution is -2.53. The Hall–Kier alpha value is -6.88. The molecule has 0 bridgehead atoms. The van der Waals surface area contributed by atoms with Crippen molar-refractivity contribution in [2.45, 2.75) is 76.9 Å². The SMILES string of the molecule is COC(=O)N[C@H](C(=O)N1C[C@@H](COC(F)F)C[C@H]1C1=Nc2ccc3cc4c(cc3c2C1)OCc1cc(-c2cnc(C3CCCN3C(=O)[C@H](NC(=O)OC)c3ccccc3)[nH]2)ccc1-4)C(C)C. The Morgan fingerprint density at radius 1 is 0.909 bits per heavy atom. The molecule has 17 heteroatoms. The van der Waals surface area contributed by atoms with Crippen molar-refractivity contribution in [2.24, 2.45) is 16.8 Å². The van der Waals surface area contributed by atoms with Crippen molar-refractivity contribution in [3.05, 3.63) is 102 Å². The minimum Gasteiger partial charge on any atom is -0.488 e. The average Bonchev–Trinajstić information content (AvgIpc) is 4.17. The number of carbonyl (C=O) groups is 4. The maximum absolute atomic E-state index is 14.1. The Bertz CT molecular complexity index is 2710. The van der Waals surface area contributed by atoms with Crippen LogP contribution in [0.2, 0.25) is 0 Å². The Kier molecular flexibility index (Phi) is 12.5. The number of rotatable bonds is 12. The summed E-state index contributed by atoms with van der Waals surface area (Å²) in [5, 5.41) is 7.31. The monoisotopic (exact) mass is 903 g/mol. The molecule has 1 aromatic heterocycles. The highest BCUT2D eigenvalue weighted by atomic mass is 19.3. The van der Waals surface area contributed by atoms with E-state index in [0.29, 0.717) is 43.8 Å². The van der Waals surface area contributed by atoms with Crippen LogP contribution in [0, 0.1) is 11.8 Å². The van der Waals surface area contributed by atoms with Crippen molar-refractivity contribution in [3.8, 4) is 28.1 Å². The smallest absolute Gasteiger partial charge is 0.407 e. The lowest BCUT2D eigenvalue weighted by atomic mass is 9.90. The molecule has 4 aliphatic rings. The molecule has 5 heterocycles. The van der Waals surface area contributed by atoms with E-state index in [9.17, 15) is 28.0 Å². The van der Waals surface area contributed by atoms with Gasteiger partial charge in [-0.15, -0.1) is 0 Å². The number of imidazole rings is 1. The van der Waals surface area contributed by atoms with Crippen LogP contribution in [0.3, 0.4) is 0 Å². The molecule has 5 aromatic rings. The lowest BCUT2D eigenvalue weighted by Gasteiger charge is -2.31. The molecule has 0 saturated carbocycles. The molecule has 0 radical (unpaired) electrons. The van der Waals surface area contributed by atoms with Crippen molar-refractivity contribution < 1.29 is 46.9 Å². The Labute approximate surface area is 379 Å². The Balaban J connectivity index is 0.937. The third kappa shape index (κ3) is 8.66. The second-order valence-electron chi connectivity index (χ2n) is 17.5. The van der Waals surface area contributed by atoms with Gasteiger partial charge in [0, 0.05) is 36.7 Å². The number of methoxy groups -OCH3 is 2. The molecule has 15 nitrogen and oxygen atoms in total. The van der Waals surface area contributed by atoms with Gasteiger partial charge < -0.3 is 44.4 Å². The summed E-state index contributed by atoms with van der Waals surface area (Å²) in [6.45, 7) is 1.51. The number of amides is 4. The fourth-order valence-corrected chi connectivity index (χ4v) is 9.82. The quantitative estimate of drug-likeness (QED) is 0.112. The molecule has 4 amide bonds. The number of hydrogen-bond acceptors (Lipinski definition) is 10. The summed E-state index contributed by atoms with van der Waals surface area (Å²) in [7, 11) is 2.50. The molecular formula is C49H51F2N7O8. The topological polar surface area (TPSA) is 177 Å². The zero-order valence-electron chi connectivity index (χ0n) is 37.0. The fourth-order valence-electron chi connectivity index (χ4n) is 9.82. The molecule has 3 N–H and O–H groups in total. The summed E-state index contributed by atoms with van der Waals surface area (Å²) in [6, 6.07) is 20.9. The molecule has 0 spiro atoms. The number of nitrogens with one attached hydrogen (secondary N) is 3. The summed E-state index contributed by atoms with van der Waals surface area (Å²) in [5.41, 5.74) is 7.83. The molecule has 4 aliphatic heterocycles. The summed E-state index contributed by atoms with van der Waals surface area (Å²) in [6.07, 6.45) is 2.67. The number of aromatic amines is 1. The fraction of sp³-hybridized carbons (Fsp3) is 0.388. The van der Waals surface area contributed by atoms with Crippen molar-refractivity contribution in [3.63, 3.8) is 0 Å². The zero-order chi connectivity index (χ0) is 46.2. The van der Waals surface area contributed by atoms with Gasteiger partial charge >= 0.3 is 18.8 Å². The number of hydrogen-bond donors (Lipinski definition) is 3. The number of alkyl carbamates (subject to hydrolysis) is 2. The van der Waals surface area contributed by atoms with E-state index >= 15 is 0 Å². The van der Waals surface area contributed by atoms with Crippen LogP contribution in [0.4, 0.5) is 24.1 Å². The minimum absolute atomic E-state index is 0.176. The third-order valence-corrected chi connectivity index (χ3v) is 13.1. The van der Waals surface area contributed by atoms with Crippen LogP contribution in [-0.2, 0) is 36.8 Å². The minimum atomic E-state index is -2.93. The standard InChI is InChI=1S/C49H51F2N7O8/c1-26(2)42(55-48(61)63-3)45(59)58-23-27(24-66-47(50)51)17-40(58)37-20-34-33-21-41-35(19-29(33)13-15-36(34)53-37)32-14-12-30(18-31(32)25-65-41)38-22-52-44(54-38)39-11-8-16-57(39)46(60)43(56-49(62)64-4)28-9-6-5-7-10-28/h5-7,9-10,12-15,18-19,21-22,26-27,39-40,42-43,47H,8,11,16-17,20,23-25H2,1-4H3,(H,52,54)(H,55,61)(H,56,62)/t27-,39?,40-,42-,43+/m0/s1. The van der Waals surface area contributed by atoms with Crippen LogP contribution in [0.1, 0.15) is 67.7 Å².